The number of benzene rings is 2. The van der Waals surface area contributed by atoms with Crippen LogP contribution in [0.15, 0.2) is 59.5 Å². The first-order valence-corrected chi connectivity index (χ1v) is 11.0. The lowest BCUT2D eigenvalue weighted by Gasteiger charge is -2.20. The van der Waals surface area contributed by atoms with Crippen molar-refractivity contribution in [2.45, 2.75) is 45.1 Å². The third-order valence-corrected chi connectivity index (χ3v) is 6.03. The van der Waals surface area contributed by atoms with E-state index in [-0.39, 0.29) is 10.8 Å². The molecule has 0 aliphatic carbocycles. The van der Waals surface area contributed by atoms with Crippen LogP contribution in [0, 0.1) is 13.8 Å². The van der Waals surface area contributed by atoms with Crippen LogP contribution in [0.25, 0.3) is 5.69 Å². The van der Waals surface area contributed by atoms with Crippen LogP contribution < -0.4 is 10.0 Å². The fourth-order valence-electron chi connectivity index (χ4n) is 3.08. The molecule has 0 saturated carbocycles. The number of anilines is 1. The van der Waals surface area contributed by atoms with Crippen molar-refractivity contribution in [1.82, 2.24) is 14.5 Å². The summed E-state index contributed by atoms with van der Waals surface area (Å²) in [6.45, 7) is 9.17. The van der Waals surface area contributed by atoms with Crippen LogP contribution >= 0.6 is 0 Å². The minimum absolute atomic E-state index is 0.108. The summed E-state index contributed by atoms with van der Waals surface area (Å²) in [7, 11) is -3.66. The molecule has 0 radical (unpaired) electrons. The van der Waals surface area contributed by atoms with E-state index in [1.54, 1.807) is 31.5 Å². The third kappa shape index (κ3) is 4.95. The second-order valence-corrected chi connectivity index (χ2v) is 9.87. The number of aryl methyl sites for hydroxylation is 2. The summed E-state index contributed by atoms with van der Waals surface area (Å²) in [5.41, 5.74) is 2.96. The van der Waals surface area contributed by atoms with Gasteiger partial charge in [0, 0.05) is 16.8 Å². The van der Waals surface area contributed by atoms with Crippen LogP contribution in [0.3, 0.4) is 0 Å². The molecule has 3 aromatic rings. The smallest absolute Gasteiger partial charge is 0.255 e. The third-order valence-electron chi connectivity index (χ3n) is 4.26. The molecule has 3 rings (SSSR count). The molecule has 0 fully saturated rings. The van der Waals surface area contributed by atoms with Crippen LogP contribution in [-0.2, 0) is 10.0 Å². The zero-order valence-corrected chi connectivity index (χ0v) is 18.5. The fourth-order valence-corrected chi connectivity index (χ4v) is 4.50. The average Bonchev–Trinajstić information content (AvgIpc) is 2.98. The molecule has 158 valence electrons. The summed E-state index contributed by atoms with van der Waals surface area (Å²) in [5, 5.41) is 7.37. The second-order valence-electron chi connectivity index (χ2n) is 8.19. The van der Waals surface area contributed by atoms with Crippen LogP contribution in [0.4, 0.5) is 5.69 Å². The Morgan fingerprint density at radius 2 is 1.63 bits per heavy atom. The summed E-state index contributed by atoms with van der Waals surface area (Å²) in [6.07, 6.45) is 0. The lowest BCUT2D eigenvalue weighted by Crippen LogP contribution is -2.40. The van der Waals surface area contributed by atoms with E-state index in [2.05, 4.69) is 15.1 Å². The van der Waals surface area contributed by atoms with Crippen molar-refractivity contribution in [2.24, 2.45) is 0 Å². The first kappa shape index (κ1) is 21.7. The molecule has 2 N–H and O–H groups in total. The molecule has 0 aliphatic rings. The van der Waals surface area contributed by atoms with Gasteiger partial charge in [-0.05, 0) is 77.1 Å². The molecule has 0 saturated heterocycles. The molecule has 8 heteroatoms. The van der Waals surface area contributed by atoms with Crippen molar-refractivity contribution < 1.29 is 13.2 Å². The van der Waals surface area contributed by atoms with Gasteiger partial charge in [-0.25, -0.2) is 17.8 Å². The van der Waals surface area contributed by atoms with Gasteiger partial charge >= 0.3 is 0 Å². The van der Waals surface area contributed by atoms with Crippen molar-refractivity contribution in [2.75, 3.05) is 5.32 Å². The van der Waals surface area contributed by atoms with E-state index in [1.807, 2.05) is 38.1 Å². The Balaban J connectivity index is 1.84. The predicted octanol–water partition coefficient (Wildman–Crippen LogP) is 3.82. The lowest BCUT2D eigenvalue weighted by atomic mass is 10.1. The average molecular weight is 427 g/mol. The highest BCUT2D eigenvalue weighted by atomic mass is 32.2. The Hall–Kier alpha value is -2.97. The van der Waals surface area contributed by atoms with E-state index >= 15 is 0 Å². The molecule has 1 aromatic heterocycles. The highest BCUT2D eigenvalue weighted by molar-refractivity contribution is 7.89. The van der Waals surface area contributed by atoms with Gasteiger partial charge < -0.3 is 5.32 Å². The molecule has 0 aliphatic heterocycles. The minimum atomic E-state index is -3.66. The van der Waals surface area contributed by atoms with Crippen molar-refractivity contribution in [1.29, 1.82) is 0 Å². The second kappa shape index (κ2) is 8.04. The monoisotopic (exact) mass is 426 g/mol. The number of hydrogen-bond donors (Lipinski definition) is 2. The fraction of sp³-hybridized carbons (Fsp3) is 0.273. The van der Waals surface area contributed by atoms with Gasteiger partial charge in [0.2, 0.25) is 10.0 Å². The number of carbonyl (C=O) groups is 1. The topological polar surface area (TPSA) is 93.1 Å². The molecular weight excluding hydrogens is 400 g/mol. The Labute approximate surface area is 177 Å². The molecule has 30 heavy (non-hydrogen) atoms. The highest BCUT2D eigenvalue weighted by Gasteiger charge is 2.22. The quantitative estimate of drug-likeness (QED) is 0.649. The highest BCUT2D eigenvalue weighted by Crippen LogP contribution is 2.22. The van der Waals surface area contributed by atoms with Gasteiger partial charge in [-0.15, -0.1) is 0 Å². The summed E-state index contributed by atoms with van der Waals surface area (Å²) < 4.78 is 29.2. The Kier molecular flexibility index (Phi) is 5.83. The van der Waals surface area contributed by atoms with E-state index in [1.165, 1.54) is 24.3 Å². The van der Waals surface area contributed by atoms with Crippen molar-refractivity contribution in [3.8, 4) is 5.69 Å². The molecule has 0 atom stereocenters. The number of amides is 1. The molecule has 7 nitrogen and oxygen atoms in total. The zero-order valence-electron chi connectivity index (χ0n) is 17.7. The molecule has 0 bridgehead atoms. The maximum absolute atomic E-state index is 12.8. The standard InChI is InChI=1S/C22H26N4O3S/c1-15-14-16(2)26(24-15)20-9-7-6-8-19(20)23-21(27)17-10-12-18(13-11-17)30(28,29)25-22(3,4)5/h6-14,25H,1-5H3,(H,23,27). The van der Waals surface area contributed by atoms with Gasteiger partial charge in [0.25, 0.3) is 5.91 Å². The number of aromatic nitrogens is 2. The molecule has 1 heterocycles. The summed E-state index contributed by atoms with van der Waals surface area (Å²) in [5.74, 6) is -0.336. The first-order chi connectivity index (χ1) is 14.0. The van der Waals surface area contributed by atoms with Crippen LogP contribution in [-0.4, -0.2) is 29.6 Å². The van der Waals surface area contributed by atoms with Gasteiger partial charge in [0.15, 0.2) is 0 Å². The number of hydrogen-bond acceptors (Lipinski definition) is 4. The van der Waals surface area contributed by atoms with E-state index in [0.717, 1.165) is 17.1 Å². The van der Waals surface area contributed by atoms with Gasteiger partial charge in [-0.1, -0.05) is 12.1 Å². The van der Waals surface area contributed by atoms with E-state index in [4.69, 9.17) is 0 Å². The SMILES string of the molecule is Cc1cc(C)n(-c2ccccc2NC(=O)c2ccc(S(=O)(=O)NC(C)(C)C)cc2)n1. The number of rotatable bonds is 5. The largest absolute Gasteiger partial charge is 0.320 e. The molecule has 2 aromatic carbocycles. The Morgan fingerprint density at radius 3 is 2.20 bits per heavy atom. The lowest BCUT2D eigenvalue weighted by molar-refractivity contribution is 0.102. The molecule has 0 spiro atoms. The van der Waals surface area contributed by atoms with Crippen LogP contribution in [0.2, 0.25) is 0 Å². The van der Waals surface area contributed by atoms with Gasteiger partial charge in [-0.3, -0.25) is 4.79 Å². The first-order valence-electron chi connectivity index (χ1n) is 9.54. The molecule has 0 unspecified atom stereocenters. The van der Waals surface area contributed by atoms with Gasteiger partial charge in [0.05, 0.1) is 22.0 Å². The number of para-hydroxylation sites is 2. The minimum Gasteiger partial charge on any atom is -0.320 e. The van der Waals surface area contributed by atoms with E-state index < -0.39 is 15.6 Å². The van der Waals surface area contributed by atoms with Gasteiger partial charge in [0.1, 0.15) is 0 Å². The number of nitrogens with zero attached hydrogens (tertiary/aromatic N) is 2. The summed E-state index contributed by atoms with van der Waals surface area (Å²) in [4.78, 5) is 12.9. The summed E-state index contributed by atoms with van der Waals surface area (Å²) in [6, 6.07) is 15.2. The predicted molar refractivity (Wildman–Crippen MR) is 118 cm³/mol. The van der Waals surface area contributed by atoms with E-state index in [9.17, 15) is 13.2 Å². The molecular formula is C22H26N4O3S. The van der Waals surface area contributed by atoms with Crippen molar-refractivity contribution in [3.05, 3.63) is 71.5 Å². The maximum Gasteiger partial charge on any atom is 0.255 e. The maximum atomic E-state index is 12.8. The Morgan fingerprint density at radius 1 is 1.00 bits per heavy atom. The van der Waals surface area contributed by atoms with E-state index in [0.29, 0.717) is 11.3 Å². The number of sulfonamides is 1. The van der Waals surface area contributed by atoms with Gasteiger partial charge in [-0.2, -0.15) is 5.10 Å². The molecule has 1 amide bonds. The van der Waals surface area contributed by atoms with Crippen molar-refractivity contribution in [3.63, 3.8) is 0 Å². The van der Waals surface area contributed by atoms with Crippen LogP contribution in [0.1, 0.15) is 42.5 Å². The van der Waals surface area contributed by atoms with Crippen LogP contribution in [0.5, 0.6) is 0 Å². The number of carbonyl (C=O) groups excluding carboxylic acids is 1. The Bertz CT molecular complexity index is 1170. The van der Waals surface area contributed by atoms with Crippen molar-refractivity contribution >= 4 is 21.6 Å². The summed E-state index contributed by atoms with van der Waals surface area (Å²) >= 11 is 0. The number of nitrogens with one attached hydrogen (secondary N) is 2. The normalized spacial score (nSPS) is 12.0. The zero-order chi connectivity index (χ0) is 22.1.